The summed E-state index contributed by atoms with van der Waals surface area (Å²) in [6.07, 6.45) is 4.79. The lowest BCUT2D eigenvalue weighted by Crippen LogP contribution is -2.83. The lowest BCUT2D eigenvalue weighted by atomic mass is 9.80. The van der Waals surface area contributed by atoms with Crippen molar-refractivity contribution in [3.05, 3.63) is 71.8 Å². The Kier molecular flexibility index (Phi) is 14.8. The third-order valence-corrected chi connectivity index (χ3v) is 8.39. The number of carbonyl (C=O) groups is 4. The Morgan fingerprint density at radius 2 is 1.64 bits per heavy atom. The van der Waals surface area contributed by atoms with E-state index >= 15 is 0 Å². The van der Waals surface area contributed by atoms with Gasteiger partial charge in [-0.3, -0.25) is 30.4 Å². The van der Waals surface area contributed by atoms with Crippen LogP contribution >= 0.6 is 0 Å². The highest BCUT2D eigenvalue weighted by molar-refractivity contribution is 5.90. The molecule has 0 fully saturated rings. The molecule has 0 saturated carbocycles. The van der Waals surface area contributed by atoms with E-state index in [0.717, 1.165) is 17.4 Å². The van der Waals surface area contributed by atoms with E-state index in [4.69, 9.17) is 10.5 Å². The zero-order valence-electron chi connectivity index (χ0n) is 27.0. The maximum atomic E-state index is 14.0. The predicted molar refractivity (Wildman–Crippen MR) is 175 cm³/mol. The summed E-state index contributed by atoms with van der Waals surface area (Å²) in [4.78, 5) is 55.4. The number of hydrogen-bond acceptors (Lipinski definition) is 7. The number of benzene rings is 2. The lowest BCUT2D eigenvalue weighted by molar-refractivity contribution is -0.467. The Bertz CT molecular complexity index is 1250. The maximum absolute atomic E-state index is 14.0. The van der Waals surface area contributed by atoms with Crippen LogP contribution in [0.4, 0.5) is 0 Å². The van der Waals surface area contributed by atoms with Crippen molar-refractivity contribution in [1.29, 1.82) is 0 Å². The van der Waals surface area contributed by atoms with E-state index in [-0.39, 0.29) is 47.9 Å². The number of ether oxygens (including phenoxy) is 1. The number of Topliss-reactive ketones (excluding diaryl/α,β-unsaturated/α-hetero) is 1. The van der Waals surface area contributed by atoms with Gasteiger partial charge in [0.15, 0.2) is 0 Å². The van der Waals surface area contributed by atoms with Gasteiger partial charge in [-0.2, -0.15) is 0 Å². The van der Waals surface area contributed by atoms with E-state index in [1.54, 1.807) is 6.92 Å². The van der Waals surface area contributed by atoms with Gasteiger partial charge in [0.1, 0.15) is 12.1 Å². The lowest BCUT2D eigenvalue weighted by Gasteiger charge is -2.28. The fourth-order valence-electron chi connectivity index (χ4n) is 6.17. The highest BCUT2D eigenvalue weighted by Gasteiger charge is 2.36. The summed E-state index contributed by atoms with van der Waals surface area (Å²) < 4.78 is 5.39. The standard InChI is InChI=1S/C36H50N4O5/c1-4-45-35(44)28(21-26-12-7-5-8-13-26)16-11-17-31(32-18-19-38-36(37)40-32)33(42)23-29(20-25(2)3)34(43)39-30(24-41)22-27-14-9-6-10-15-27/h5-10,12-15,24-25,28-32H,4,11,16-23H2,1-3H3,(H,39,43)(H3,37,38,40)/p+1. The molecule has 9 nitrogen and oxygen atoms in total. The van der Waals surface area contributed by atoms with E-state index in [9.17, 15) is 19.2 Å². The normalized spacial score (nSPS) is 17.2. The molecule has 1 amide bonds. The molecule has 0 radical (unpaired) electrons. The first-order chi connectivity index (χ1) is 21.7. The van der Waals surface area contributed by atoms with Crippen molar-refractivity contribution in [2.45, 2.75) is 84.2 Å². The number of aldehydes is 1. The topological polar surface area (TPSA) is 142 Å². The molecule has 5 N–H and O–H groups in total. The number of nitrogens with one attached hydrogen (secondary N) is 3. The quantitative estimate of drug-likeness (QED) is 0.140. The molecule has 5 unspecified atom stereocenters. The summed E-state index contributed by atoms with van der Waals surface area (Å²) in [7, 11) is 0. The molecule has 0 aliphatic carbocycles. The number of esters is 1. The number of carbonyl (C=O) groups excluding carboxylic acids is 4. The van der Waals surface area contributed by atoms with Crippen molar-refractivity contribution in [2.75, 3.05) is 13.2 Å². The molecule has 0 saturated heterocycles. The van der Waals surface area contributed by atoms with Crippen LogP contribution < -0.4 is 21.4 Å². The molecule has 0 aromatic heterocycles. The Morgan fingerprint density at radius 1 is 1.00 bits per heavy atom. The average Bonchev–Trinajstić information content (AvgIpc) is 3.02. The van der Waals surface area contributed by atoms with Gasteiger partial charge in [-0.05, 0) is 56.1 Å². The number of amides is 1. The molecule has 1 heterocycles. The molecule has 0 spiro atoms. The fourth-order valence-corrected chi connectivity index (χ4v) is 6.17. The van der Waals surface area contributed by atoms with Gasteiger partial charge in [0.2, 0.25) is 5.91 Å². The van der Waals surface area contributed by atoms with Crippen LogP contribution in [0.15, 0.2) is 60.7 Å². The summed E-state index contributed by atoms with van der Waals surface area (Å²) in [5.74, 6) is -1.17. The zero-order chi connectivity index (χ0) is 32.6. The first-order valence-corrected chi connectivity index (χ1v) is 16.4. The summed E-state index contributed by atoms with van der Waals surface area (Å²) in [5.41, 5.74) is 8.09. The van der Waals surface area contributed by atoms with E-state index < -0.39 is 12.0 Å². The smallest absolute Gasteiger partial charge is 0.341 e. The van der Waals surface area contributed by atoms with Crippen molar-refractivity contribution < 1.29 is 28.9 Å². The van der Waals surface area contributed by atoms with E-state index in [0.29, 0.717) is 64.1 Å². The molecule has 2 aromatic carbocycles. The molecule has 9 heteroatoms. The molecular weight excluding hydrogens is 568 g/mol. The van der Waals surface area contributed by atoms with Gasteiger partial charge in [-0.1, -0.05) is 80.9 Å². The number of nitrogens with two attached hydrogens (primary N) is 1. The monoisotopic (exact) mass is 619 g/mol. The number of rotatable bonds is 19. The summed E-state index contributed by atoms with van der Waals surface area (Å²) in [6.45, 7) is 6.81. The van der Waals surface area contributed by atoms with Gasteiger partial charge >= 0.3 is 11.9 Å². The Labute approximate surface area is 267 Å². The van der Waals surface area contributed by atoms with Crippen LogP contribution in [-0.2, 0) is 36.8 Å². The van der Waals surface area contributed by atoms with Crippen molar-refractivity contribution in [1.82, 2.24) is 10.6 Å². The highest BCUT2D eigenvalue weighted by Crippen LogP contribution is 2.26. The summed E-state index contributed by atoms with van der Waals surface area (Å²) >= 11 is 0. The van der Waals surface area contributed by atoms with E-state index in [1.165, 1.54) is 0 Å². The van der Waals surface area contributed by atoms with Gasteiger partial charge < -0.3 is 14.8 Å². The first kappa shape index (κ1) is 35.5. The molecule has 244 valence electrons. The minimum atomic E-state index is -0.676. The van der Waals surface area contributed by atoms with Gasteiger partial charge in [0, 0.05) is 18.8 Å². The minimum absolute atomic E-state index is 0.00976. The Hall–Kier alpha value is -4.01. The van der Waals surface area contributed by atoms with Crippen LogP contribution in [0.5, 0.6) is 0 Å². The molecule has 0 bridgehead atoms. The highest BCUT2D eigenvalue weighted by atomic mass is 16.5. The molecule has 5 atom stereocenters. The largest absolute Gasteiger partial charge is 0.466 e. The van der Waals surface area contributed by atoms with Gasteiger partial charge in [-0.25, -0.2) is 0 Å². The molecule has 1 aliphatic rings. The van der Waals surface area contributed by atoms with Crippen LogP contribution in [0.2, 0.25) is 0 Å². The number of ketones is 1. The molecule has 3 rings (SSSR count). The van der Waals surface area contributed by atoms with Crippen LogP contribution in [-0.4, -0.2) is 55.1 Å². The van der Waals surface area contributed by atoms with E-state index in [1.807, 2.05) is 74.5 Å². The van der Waals surface area contributed by atoms with Gasteiger partial charge in [0.05, 0.1) is 37.1 Å². The zero-order valence-corrected chi connectivity index (χ0v) is 27.0. The predicted octanol–water partition coefficient (Wildman–Crippen LogP) is 2.50. The van der Waals surface area contributed by atoms with Crippen LogP contribution in [0.3, 0.4) is 0 Å². The van der Waals surface area contributed by atoms with Crippen LogP contribution in [0, 0.1) is 23.7 Å². The third kappa shape index (κ3) is 12.1. The maximum Gasteiger partial charge on any atom is 0.341 e. The molecule has 2 aromatic rings. The van der Waals surface area contributed by atoms with Crippen molar-refractivity contribution in [3.63, 3.8) is 0 Å². The van der Waals surface area contributed by atoms with Gasteiger partial charge in [-0.15, -0.1) is 0 Å². The van der Waals surface area contributed by atoms with Crippen LogP contribution in [0.25, 0.3) is 0 Å². The molecule has 1 aliphatic heterocycles. The second-order valence-electron chi connectivity index (χ2n) is 12.5. The van der Waals surface area contributed by atoms with E-state index in [2.05, 4.69) is 15.6 Å². The van der Waals surface area contributed by atoms with Crippen molar-refractivity contribution in [2.24, 2.45) is 29.4 Å². The fraction of sp³-hybridized carbons (Fsp3) is 0.528. The molecular formula is C36H51N4O5+. The second-order valence-corrected chi connectivity index (χ2v) is 12.5. The van der Waals surface area contributed by atoms with Crippen LogP contribution in [0.1, 0.15) is 70.4 Å². The van der Waals surface area contributed by atoms with Crippen molar-refractivity contribution >= 4 is 29.9 Å². The second kappa shape index (κ2) is 18.7. The third-order valence-electron chi connectivity index (χ3n) is 8.39. The Morgan fingerprint density at radius 3 is 2.22 bits per heavy atom. The van der Waals surface area contributed by atoms with Gasteiger partial charge in [0.25, 0.3) is 0 Å². The number of hydrogen-bond donors (Lipinski definition) is 4. The first-order valence-electron chi connectivity index (χ1n) is 16.4. The Balaban J connectivity index is 1.72. The average molecular weight is 620 g/mol. The summed E-state index contributed by atoms with van der Waals surface area (Å²) in [6, 6.07) is 18.6. The number of guanidine groups is 1. The van der Waals surface area contributed by atoms with Crippen molar-refractivity contribution in [3.8, 4) is 0 Å². The summed E-state index contributed by atoms with van der Waals surface area (Å²) in [5, 5.41) is 6.15. The SMILES string of the molecule is CCOC(=O)C(CCCC(C(=O)CC(CC(C)C)C(=O)NC(C=O)Cc1ccccc1)C1CC[NH+]=C(N)N1)Cc1ccccc1. The molecule has 45 heavy (non-hydrogen) atoms. The minimum Gasteiger partial charge on any atom is -0.466 e.